The topological polar surface area (TPSA) is 6.48 Å². The van der Waals surface area contributed by atoms with Crippen molar-refractivity contribution in [3.63, 3.8) is 0 Å². The molecule has 2 heteroatoms. The second-order valence-electron chi connectivity index (χ2n) is 14.0. The van der Waals surface area contributed by atoms with Crippen molar-refractivity contribution in [3.8, 4) is 0 Å². The molecule has 2 nitrogen and oxygen atoms in total. The van der Waals surface area contributed by atoms with E-state index in [1.54, 1.807) is 0 Å². The van der Waals surface area contributed by atoms with Crippen LogP contribution >= 0.6 is 0 Å². The summed E-state index contributed by atoms with van der Waals surface area (Å²) in [4.78, 5) is 4.83. The predicted octanol–water partition coefficient (Wildman–Crippen LogP) is 14.7. The smallest absolute Gasteiger partial charge is 0.0540 e. The molecule has 0 fully saturated rings. The molecule has 0 aliphatic rings. The third-order valence-electron chi connectivity index (χ3n) is 10.4. The van der Waals surface area contributed by atoms with Crippen molar-refractivity contribution in [3.05, 3.63) is 169 Å². The maximum absolute atomic E-state index is 2.43. The Balaban J connectivity index is 1.25. The van der Waals surface area contributed by atoms with E-state index in [0.29, 0.717) is 0 Å². The Kier molecular flexibility index (Phi) is 9.40. The Morgan fingerprint density at radius 3 is 1.33 bits per heavy atom. The van der Waals surface area contributed by atoms with Crippen LogP contribution in [0, 0.1) is 6.92 Å². The molecule has 0 bridgehead atoms. The highest BCUT2D eigenvalue weighted by molar-refractivity contribution is 6.28. The Morgan fingerprint density at radius 2 is 0.824 bits per heavy atom. The van der Waals surface area contributed by atoms with Crippen molar-refractivity contribution >= 4 is 66.4 Å². The molecule has 0 N–H and O–H groups in total. The van der Waals surface area contributed by atoms with E-state index in [9.17, 15) is 0 Å². The molecule has 0 saturated carbocycles. The van der Waals surface area contributed by atoms with Gasteiger partial charge in [-0.1, -0.05) is 142 Å². The molecule has 0 unspecified atom stereocenters. The fraction of sp³-hybridized carbons (Fsp3) is 0.184. The lowest BCUT2D eigenvalue weighted by Gasteiger charge is -2.29. The second kappa shape index (κ2) is 14.7. The number of aryl methyl sites for hydroxylation is 2. The molecule has 252 valence electrons. The quantitative estimate of drug-likeness (QED) is 0.0895. The minimum absolute atomic E-state index is 1.14. The summed E-state index contributed by atoms with van der Waals surface area (Å²) in [6.07, 6.45) is 9.08. The Labute approximate surface area is 302 Å². The summed E-state index contributed by atoms with van der Waals surface area (Å²) in [5, 5.41) is 7.63. The lowest BCUT2D eigenvalue weighted by Crippen LogP contribution is -2.11. The van der Waals surface area contributed by atoms with Crippen LogP contribution in [0.4, 0.5) is 34.1 Å². The Morgan fingerprint density at radius 1 is 0.392 bits per heavy atom. The van der Waals surface area contributed by atoms with Crippen molar-refractivity contribution in [2.24, 2.45) is 0 Å². The summed E-state index contributed by atoms with van der Waals surface area (Å²) >= 11 is 0. The van der Waals surface area contributed by atoms with Crippen LogP contribution in [0.2, 0.25) is 0 Å². The molecule has 8 rings (SSSR count). The van der Waals surface area contributed by atoms with Gasteiger partial charge >= 0.3 is 0 Å². The minimum Gasteiger partial charge on any atom is -0.310 e. The van der Waals surface area contributed by atoms with Crippen LogP contribution in [0.1, 0.15) is 56.6 Å². The van der Waals surface area contributed by atoms with E-state index in [1.165, 1.54) is 99.0 Å². The lowest BCUT2D eigenvalue weighted by atomic mass is 9.91. The monoisotopic (exact) mass is 662 g/mol. The SMILES string of the molecule is CCCCCCCCc1ccc(N(c2ccccc2)c2ccc3ccc4c(N(c5ccccc5)c5ccc(C)cc5)ccc5ccc2c3c54)cc1. The fourth-order valence-corrected chi connectivity index (χ4v) is 7.78. The van der Waals surface area contributed by atoms with E-state index < -0.39 is 0 Å². The van der Waals surface area contributed by atoms with Gasteiger partial charge in [0, 0.05) is 33.5 Å². The van der Waals surface area contributed by atoms with Gasteiger partial charge in [0.05, 0.1) is 11.4 Å². The summed E-state index contributed by atoms with van der Waals surface area (Å²) in [5.74, 6) is 0. The molecule has 0 aliphatic heterocycles. The molecule has 0 aliphatic carbocycles. The maximum Gasteiger partial charge on any atom is 0.0540 e. The fourth-order valence-electron chi connectivity index (χ4n) is 7.78. The number of anilines is 6. The van der Waals surface area contributed by atoms with Crippen LogP contribution in [0.5, 0.6) is 0 Å². The summed E-state index contributed by atoms with van der Waals surface area (Å²) in [7, 11) is 0. The number of benzene rings is 8. The third kappa shape index (κ3) is 6.55. The number of rotatable bonds is 13. The number of nitrogens with zero attached hydrogens (tertiary/aromatic N) is 2. The predicted molar refractivity (Wildman–Crippen MR) is 221 cm³/mol. The van der Waals surface area contributed by atoms with Crippen LogP contribution < -0.4 is 9.80 Å². The van der Waals surface area contributed by atoms with Crippen LogP contribution in [-0.2, 0) is 6.42 Å². The van der Waals surface area contributed by atoms with Gasteiger partial charge in [-0.2, -0.15) is 0 Å². The zero-order chi connectivity index (χ0) is 34.6. The molecular weight excluding hydrogens is 617 g/mol. The van der Waals surface area contributed by atoms with Crippen LogP contribution in [-0.4, -0.2) is 0 Å². The molecule has 0 saturated heterocycles. The van der Waals surface area contributed by atoms with Gasteiger partial charge in [0.1, 0.15) is 0 Å². The maximum atomic E-state index is 2.43. The molecule has 0 radical (unpaired) electrons. The van der Waals surface area contributed by atoms with Crippen molar-refractivity contribution in [2.45, 2.75) is 58.8 Å². The van der Waals surface area contributed by atoms with E-state index in [2.05, 4.69) is 181 Å². The first kappa shape index (κ1) is 32.6. The van der Waals surface area contributed by atoms with E-state index in [4.69, 9.17) is 0 Å². The zero-order valence-electron chi connectivity index (χ0n) is 29.9. The molecule has 0 amide bonds. The normalized spacial score (nSPS) is 11.5. The second-order valence-corrected chi connectivity index (χ2v) is 14.0. The van der Waals surface area contributed by atoms with Crippen molar-refractivity contribution in [1.29, 1.82) is 0 Å². The number of unbranched alkanes of at least 4 members (excludes halogenated alkanes) is 5. The van der Waals surface area contributed by atoms with Gasteiger partial charge in [0.15, 0.2) is 0 Å². The largest absolute Gasteiger partial charge is 0.310 e. The highest BCUT2D eigenvalue weighted by atomic mass is 15.1. The van der Waals surface area contributed by atoms with E-state index in [-0.39, 0.29) is 0 Å². The number of hydrogen-bond donors (Lipinski definition) is 0. The average molecular weight is 663 g/mol. The zero-order valence-corrected chi connectivity index (χ0v) is 29.9. The molecular formula is C49H46N2. The van der Waals surface area contributed by atoms with E-state index >= 15 is 0 Å². The summed E-state index contributed by atoms with van der Waals surface area (Å²) < 4.78 is 0. The van der Waals surface area contributed by atoms with Gasteiger partial charge in [-0.25, -0.2) is 0 Å². The standard InChI is InChI=1S/C49H46N2/c1-3-4-5-6-7-10-15-37-22-30-43(31-23-37)51(41-18-13-9-14-19-41)47-35-27-39-24-32-44-46(34-26-38-25-33-45(47)49(39)48(38)44)50(40-16-11-8-12-17-40)42-28-20-36(2)21-29-42/h8-9,11-14,16-35H,3-7,10,15H2,1-2H3. The van der Waals surface area contributed by atoms with Crippen LogP contribution in [0.15, 0.2) is 158 Å². The first-order valence-electron chi connectivity index (χ1n) is 18.8. The highest BCUT2D eigenvalue weighted by Crippen LogP contribution is 2.47. The lowest BCUT2D eigenvalue weighted by molar-refractivity contribution is 0.607. The first-order chi connectivity index (χ1) is 25.2. The van der Waals surface area contributed by atoms with Gasteiger partial charge < -0.3 is 9.80 Å². The molecule has 8 aromatic carbocycles. The number of hydrogen-bond acceptors (Lipinski definition) is 2. The van der Waals surface area contributed by atoms with Gasteiger partial charge in [-0.15, -0.1) is 0 Å². The molecule has 51 heavy (non-hydrogen) atoms. The summed E-state index contributed by atoms with van der Waals surface area (Å²) in [6.45, 7) is 4.43. The summed E-state index contributed by atoms with van der Waals surface area (Å²) in [6, 6.07) is 58.2. The van der Waals surface area contributed by atoms with Gasteiger partial charge in [0.2, 0.25) is 0 Å². The van der Waals surface area contributed by atoms with Crippen molar-refractivity contribution in [1.82, 2.24) is 0 Å². The van der Waals surface area contributed by atoms with Gasteiger partial charge in [-0.3, -0.25) is 0 Å². The minimum atomic E-state index is 1.14. The summed E-state index contributed by atoms with van der Waals surface area (Å²) in [5.41, 5.74) is 9.68. The Bertz CT molecular complexity index is 2340. The van der Waals surface area contributed by atoms with E-state index in [1.807, 2.05) is 0 Å². The van der Waals surface area contributed by atoms with Crippen LogP contribution in [0.25, 0.3) is 32.3 Å². The molecule has 0 atom stereocenters. The number of para-hydroxylation sites is 2. The highest BCUT2D eigenvalue weighted by Gasteiger charge is 2.21. The van der Waals surface area contributed by atoms with Crippen molar-refractivity contribution < 1.29 is 0 Å². The van der Waals surface area contributed by atoms with Gasteiger partial charge in [0.25, 0.3) is 0 Å². The molecule has 0 aromatic heterocycles. The van der Waals surface area contributed by atoms with Gasteiger partial charge in [-0.05, 0) is 108 Å². The molecule has 8 aromatic rings. The van der Waals surface area contributed by atoms with E-state index in [0.717, 1.165) is 23.5 Å². The van der Waals surface area contributed by atoms with Crippen LogP contribution in [0.3, 0.4) is 0 Å². The third-order valence-corrected chi connectivity index (χ3v) is 10.4. The van der Waals surface area contributed by atoms with Crippen molar-refractivity contribution in [2.75, 3.05) is 9.80 Å². The molecule has 0 heterocycles. The Hall–Kier alpha value is -5.60. The first-order valence-corrected chi connectivity index (χ1v) is 18.8. The average Bonchev–Trinajstić information content (AvgIpc) is 3.18. The molecule has 0 spiro atoms.